The van der Waals surface area contributed by atoms with E-state index in [1.54, 1.807) is 20.0 Å². The van der Waals surface area contributed by atoms with Gasteiger partial charge < -0.3 is 15.5 Å². The van der Waals surface area contributed by atoms with E-state index in [0.29, 0.717) is 10.7 Å². The second-order valence-electron chi connectivity index (χ2n) is 8.79. The van der Waals surface area contributed by atoms with Crippen LogP contribution in [0.3, 0.4) is 0 Å². The van der Waals surface area contributed by atoms with Gasteiger partial charge in [0, 0.05) is 30.7 Å². The van der Waals surface area contributed by atoms with Crippen molar-refractivity contribution in [2.45, 2.75) is 63.7 Å². The Morgan fingerprint density at radius 1 is 1.22 bits per heavy atom. The Hall–Kier alpha value is -2.87. The Morgan fingerprint density at radius 3 is 2.66 bits per heavy atom. The molecular weight excluding hydrogens is 430 g/mol. The Balaban J connectivity index is 1.49. The van der Waals surface area contributed by atoms with Crippen LogP contribution >= 0.6 is 11.6 Å². The van der Waals surface area contributed by atoms with Crippen molar-refractivity contribution in [3.63, 3.8) is 0 Å². The monoisotopic (exact) mass is 457 g/mol. The predicted molar refractivity (Wildman–Crippen MR) is 120 cm³/mol. The first-order chi connectivity index (χ1) is 15.3. The minimum Gasteiger partial charge on any atom is -0.351 e. The molecule has 2 heterocycles. The number of nitrogens with one attached hydrogen (secondary N) is 2. The van der Waals surface area contributed by atoms with Crippen LogP contribution in [0.15, 0.2) is 30.3 Å². The van der Waals surface area contributed by atoms with Crippen LogP contribution in [0, 0.1) is 0 Å². The molecule has 9 heteroatoms. The normalized spacial score (nSPS) is 21.2. The summed E-state index contributed by atoms with van der Waals surface area (Å²) in [7, 11) is 1.62. The molecule has 8 nitrogen and oxygen atoms in total. The molecule has 0 saturated heterocycles. The van der Waals surface area contributed by atoms with E-state index in [-0.39, 0.29) is 36.6 Å². The van der Waals surface area contributed by atoms with Gasteiger partial charge in [-0.15, -0.1) is 0 Å². The molecule has 1 aliphatic heterocycles. The second-order valence-corrected chi connectivity index (χ2v) is 9.20. The molecule has 1 saturated carbocycles. The molecule has 1 atom stereocenters. The fraction of sp³-hybridized carbons (Fsp3) is 0.478. The molecule has 2 aromatic rings. The summed E-state index contributed by atoms with van der Waals surface area (Å²) in [5, 5.41) is 10.8. The third-order valence-electron chi connectivity index (χ3n) is 6.56. The summed E-state index contributed by atoms with van der Waals surface area (Å²) in [6.45, 7) is 2.17. The maximum absolute atomic E-state index is 13.1. The van der Waals surface area contributed by atoms with Gasteiger partial charge in [0.25, 0.3) is 11.8 Å². The van der Waals surface area contributed by atoms with Gasteiger partial charge in [-0.25, -0.2) is 0 Å². The molecule has 4 rings (SSSR count). The van der Waals surface area contributed by atoms with Gasteiger partial charge in [-0.1, -0.05) is 49.1 Å². The lowest BCUT2D eigenvalue weighted by Crippen LogP contribution is -2.63. The maximum Gasteiger partial charge on any atom is 0.272 e. The molecule has 2 N–H and O–H groups in total. The molecule has 0 bridgehead atoms. The van der Waals surface area contributed by atoms with E-state index in [2.05, 4.69) is 15.7 Å². The number of hydrogen-bond donors (Lipinski definition) is 2. The molecular formula is C23H28ClN5O3. The number of fused-ring (bicyclic) bond motifs is 1. The van der Waals surface area contributed by atoms with Crippen molar-refractivity contribution in [1.82, 2.24) is 25.3 Å². The van der Waals surface area contributed by atoms with Crippen molar-refractivity contribution in [2.75, 3.05) is 7.05 Å². The summed E-state index contributed by atoms with van der Waals surface area (Å²) in [4.78, 5) is 40.3. The average molecular weight is 458 g/mol. The lowest BCUT2D eigenvalue weighted by Gasteiger charge is -2.41. The lowest BCUT2D eigenvalue weighted by atomic mass is 9.92. The number of rotatable bonds is 5. The number of amides is 3. The van der Waals surface area contributed by atoms with Gasteiger partial charge in [0.1, 0.15) is 11.2 Å². The maximum atomic E-state index is 13.1. The average Bonchev–Trinajstić information content (AvgIpc) is 3.21. The Bertz CT molecular complexity index is 1050. The smallest absolute Gasteiger partial charge is 0.272 e. The molecule has 1 aromatic carbocycles. The number of halogens is 1. The summed E-state index contributed by atoms with van der Waals surface area (Å²) >= 11 is 6.14. The zero-order valence-corrected chi connectivity index (χ0v) is 19.1. The van der Waals surface area contributed by atoms with Gasteiger partial charge in [-0.2, -0.15) is 5.10 Å². The number of hydrogen-bond acceptors (Lipinski definition) is 4. The van der Waals surface area contributed by atoms with Crippen LogP contribution in [0.1, 0.15) is 65.6 Å². The van der Waals surface area contributed by atoms with E-state index < -0.39 is 11.4 Å². The van der Waals surface area contributed by atoms with Crippen LogP contribution in [-0.2, 0) is 17.9 Å². The minimum absolute atomic E-state index is 0.130. The van der Waals surface area contributed by atoms with E-state index in [4.69, 9.17) is 11.6 Å². The Labute approximate surface area is 192 Å². The first-order valence-corrected chi connectivity index (χ1v) is 11.4. The number of nitrogens with zero attached hydrogens (tertiary/aromatic N) is 3. The fourth-order valence-electron chi connectivity index (χ4n) is 4.33. The molecule has 1 unspecified atom stereocenters. The molecule has 1 fully saturated rings. The highest BCUT2D eigenvalue weighted by molar-refractivity contribution is 6.31. The highest BCUT2D eigenvalue weighted by Crippen LogP contribution is 2.27. The third kappa shape index (κ3) is 4.24. The van der Waals surface area contributed by atoms with Gasteiger partial charge in [-0.3, -0.25) is 19.1 Å². The highest BCUT2D eigenvalue weighted by Gasteiger charge is 2.46. The minimum atomic E-state index is -1.08. The van der Waals surface area contributed by atoms with Gasteiger partial charge >= 0.3 is 0 Å². The first kappa shape index (κ1) is 22.3. The van der Waals surface area contributed by atoms with Crippen LogP contribution in [0.25, 0.3) is 0 Å². The van der Waals surface area contributed by atoms with E-state index in [1.807, 2.05) is 18.2 Å². The number of carbonyl (C=O) groups is 3. The van der Waals surface area contributed by atoms with Crippen molar-refractivity contribution in [1.29, 1.82) is 0 Å². The topological polar surface area (TPSA) is 96.3 Å². The van der Waals surface area contributed by atoms with Crippen LogP contribution in [0.4, 0.5) is 0 Å². The molecule has 170 valence electrons. The zero-order chi connectivity index (χ0) is 22.9. The lowest BCUT2D eigenvalue weighted by molar-refractivity contribution is -0.133. The van der Waals surface area contributed by atoms with Crippen molar-refractivity contribution in [3.05, 3.63) is 52.3 Å². The quantitative estimate of drug-likeness (QED) is 0.721. The van der Waals surface area contributed by atoms with Crippen LogP contribution in [0.2, 0.25) is 5.02 Å². The molecule has 0 radical (unpaired) electrons. The van der Waals surface area contributed by atoms with Crippen LogP contribution in [-0.4, -0.2) is 51.0 Å². The summed E-state index contributed by atoms with van der Waals surface area (Å²) < 4.78 is 1.47. The van der Waals surface area contributed by atoms with Gasteiger partial charge in [0.2, 0.25) is 5.91 Å². The highest BCUT2D eigenvalue weighted by atomic mass is 35.5. The van der Waals surface area contributed by atoms with E-state index in [1.165, 1.54) is 22.1 Å². The van der Waals surface area contributed by atoms with E-state index >= 15 is 0 Å². The predicted octanol–water partition coefficient (Wildman–Crippen LogP) is 2.76. The summed E-state index contributed by atoms with van der Waals surface area (Å²) in [6.07, 6.45) is 5.32. The number of aromatic nitrogens is 2. The SMILES string of the molecule is CN1C(=O)c2cc(C(=O)NCc3ccccc3Cl)nn2CC1(C)C(=O)NC1CCCCC1. The van der Waals surface area contributed by atoms with Crippen molar-refractivity contribution >= 4 is 29.3 Å². The molecule has 0 spiro atoms. The summed E-state index contributed by atoms with van der Waals surface area (Å²) in [5.41, 5.74) is 0.122. The molecule has 1 aliphatic carbocycles. The van der Waals surface area contributed by atoms with Gasteiger partial charge in [0.05, 0.1) is 6.54 Å². The van der Waals surface area contributed by atoms with Crippen LogP contribution < -0.4 is 10.6 Å². The van der Waals surface area contributed by atoms with Gasteiger partial charge in [-0.05, 0) is 31.4 Å². The van der Waals surface area contributed by atoms with Gasteiger partial charge in [0.15, 0.2) is 5.69 Å². The molecule has 3 amide bonds. The van der Waals surface area contributed by atoms with Crippen molar-refractivity contribution < 1.29 is 14.4 Å². The first-order valence-electron chi connectivity index (χ1n) is 11.0. The molecule has 1 aromatic heterocycles. The second kappa shape index (κ2) is 8.94. The van der Waals surface area contributed by atoms with Crippen molar-refractivity contribution in [2.24, 2.45) is 0 Å². The van der Waals surface area contributed by atoms with E-state index in [9.17, 15) is 14.4 Å². The Morgan fingerprint density at radius 2 is 1.94 bits per heavy atom. The summed E-state index contributed by atoms with van der Waals surface area (Å²) in [5.74, 6) is -0.933. The Kier molecular flexibility index (Phi) is 6.24. The van der Waals surface area contributed by atoms with Crippen molar-refractivity contribution in [3.8, 4) is 0 Å². The summed E-state index contributed by atoms with van der Waals surface area (Å²) in [6, 6.07) is 8.86. The standard InChI is InChI=1S/C23H28ClN5O3/c1-23(22(32)26-16-9-4-3-5-10-16)14-29-19(21(31)28(23)2)12-18(27-29)20(30)25-13-15-8-6-7-11-17(15)24/h6-8,11-12,16H,3-5,9-10,13-14H2,1-2H3,(H,25,30)(H,26,32). The zero-order valence-electron chi connectivity index (χ0n) is 18.4. The fourth-order valence-corrected chi connectivity index (χ4v) is 4.54. The number of likely N-dealkylation sites (N-methyl/N-ethyl adjacent to an activating group) is 1. The largest absolute Gasteiger partial charge is 0.351 e. The number of carbonyl (C=O) groups excluding carboxylic acids is 3. The molecule has 32 heavy (non-hydrogen) atoms. The third-order valence-corrected chi connectivity index (χ3v) is 6.93. The van der Waals surface area contributed by atoms with Crippen LogP contribution in [0.5, 0.6) is 0 Å². The molecule has 2 aliphatic rings. The van der Waals surface area contributed by atoms with E-state index in [0.717, 1.165) is 31.2 Å². The number of benzene rings is 1.